The minimum atomic E-state index is -4.89. The summed E-state index contributed by atoms with van der Waals surface area (Å²) < 4.78 is 132. The summed E-state index contributed by atoms with van der Waals surface area (Å²) in [6, 6.07) is 1.81. The quantitative estimate of drug-likeness (QED) is 0.392. The predicted molar refractivity (Wildman–Crippen MR) is 140 cm³/mol. The number of aromatic amines is 1. The van der Waals surface area contributed by atoms with Crippen molar-refractivity contribution in [2.75, 3.05) is 26.6 Å². The summed E-state index contributed by atoms with van der Waals surface area (Å²) in [5, 5.41) is 3.97. The molecule has 4 rings (SSSR count). The highest BCUT2D eigenvalue weighted by Crippen LogP contribution is 2.31. The summed E-state index contributed by atoms with van der Waals surface area (Å²) in [4.78, 5) is 20.4. The van der Waals surface area contributed by atoms with Gasteiger partial charge in [-0.25, -0.2) is 18.1 Å². The molecule has 0 saturated carbocycles. The number of hydrogen-bond acceptors (Lipinski definition) is 7. The van der Waals surface area contributed by atoms with Gasteiger partial charge in [-0.15, -0.1) is 0 Å². The van der Waals surface area contributed by atoms with Gasteiger partial charge in [-0.3, -0.25) is 9.48 Å². The molecule has 2 aromatic heterocycles. The van der Waals surface area contributed by atoms with Crippen LogP contribution in [0.3, 0.4) is 0 Å². The molecule has 1 unspecified atom stereocenters. The Morgan fingerprint density at radius 3 is 2.94 bits per heavy atom. The van der Waals surface area contributed by atoms with Crippen molar-refractivity contribution in [1.82, 2.24) is 29.4 Å². The molecule has 0 amide bonds. The molecule has 11 heteroatoms. The van der Waals surface area contributed by atoms with Gasteiger partial charge in [0.25, 0.3) is 5.56 Å². The Kier molecular flexibility index (Phi) is 4.58. The number of likely N-dealkylation sites (tertiary alicyclic amines) is 1. The van der Waals surface area contributed by atoms with Crippen LogP contribution in [-0.2, 0) is 23.4 Å². The molecule has 2 N–H and O–H groups in total. The maximum atomic E-state index is 13.6. The molecule has 196 valence electrons. The number of fused-ring (bicyclic) bond motifs is 1. The Balaban J connectivity index is 1.84. The monoisotopic (exact) mass is 528 g/mol. The first-order chi connectivity index (χ1) is 21.8. The van der Waals surface area contributed by atoms with Crippen molar-refractivity contribution in [3.05, 3.63) is 34.2 Å². The standard InChI is InChI=1S/C25H36N6O4S/c1-5-8-20-22-23(31(4)29-20)25(32)28-24(27-22)19-16-18(10-11-21(19)35-15-6-2)36(33,34)26-13-12-17-9-7-14-30(17)3/h10-11,16-17,26H,5-9,12-15H2,1-4H3,(H,27,28,32)/i3D3,4D3,5D2,12D2,13D2. The summed E-state index contributed by atoms with van der Waals surface area (Å²) in [7, 11) is -4.89. The first-order valence-electron chi connectivity index (χ1n) is 17.4. The van der Waals surface area contributed by atoms with E-state index in [9.17, 15) is 13.2 Å². The molecule has 3 aromatic rings. The molecule has 0 radical (unpaired) electrons. The van der Waals surface area contributed by atoms with Gasteiger partial charge in [0.15, 0.2) is 5.52 Å². The summed E-state index contributed by atoms with van der Waals surface area (Å²) in [5.74, 6) is -0.261. The van der Waals surface area contributed by atoms with E-state index in [1.807, 2.05) is 0 Å². The molecule has 3 heterocycles. The van der Waals surface area contributed by atoms with E-state index in [-0.39, 0.29) is 54.3 Å². The number of benzene rings is 1. The van der Waals surface area contributed by atoms with Crippen molar-refractivity contribution >= 4 is 21.1 Å². The van der Waals surface area contributed by atoms with E-state index in [0.717, 1.165) is 17.0 Å². The van der Waals surface area contributed by atoms with Crippen molar-refractivity contribution in [3.63, 3.8) is 0 Å². The highest BCUT2D eigenvalue weighted by Gasteiger charge is 2.23. The maximum Gasteiger partial charge on any atom is 0.277 e. The van der Waals surface area contributed by atoms with Gasteiger partial charge in [0.1, 0.15) is 17.1 Å². The Morgan fingerprint density at radius 2 is 2.19 bits per heavy atom. The number of H-pyrrole nitrogens is 1. The summed E-state index contributed by atoms with van der Waals surface area (Å²) in [5.41, 5.74) is -1.95. The zero-order chi connectivity index (χ0) is 36.3. The average Bonchev–Trinajstić information content (AvgIpc) is 3.57. The lowest BCUT2D eigenvalue weighted by atomic mass is 10.1. The molecule has 36 heavy (non-hydrogen) atoms. The molecule has 1 aromatic carbocycles. The molecule has 1 aliphatic heterocycles. The smallest absolute Gasteiger partial charge is 0.277 e. The SMILES string of the molecule is [2H]C([2H])(C)Cc1nn(C([2H])([2H])[2H])c2c(=O)[nH]c(-c3cc(S(=O)(=O)NC([2H])([2H])C([2H])([2H])C4CCCN4C([2H])([2H])[2H])ccc3OCCC)nc12. The van der Waals surface area contributed by atoms with E-state index < -0.39 is 71.7 Å². The third kappa shape index (κ3) is 5.47. The van der Waals surface area contributed by atoms with Crippen LogP contribution in [0.1, 0.15) is 68.0 Å². The highest BCUT2D eigenvalue weighted by atomic mass is 32.2. The molecule has 1 saturated heterocycles. The van der Waals surface area contributed by atoms with Gasteiger partial charge in [-0.2, -0.15) is 5.10 Å². The lowest BCUT2D eigenvalue weighted by molar-refractivity contribution is 0.297. The third-order valence-electron chi connectivity index (χ3n) is 5.60. The Hall–Kier alpha value is -2.76. The number of rotatable bonds is 11. The number of aryl methyl sites for hydroxylation is 2. The molecule has 10 nitrogen and oxygen atoms in total. The third-order valence-corrected chi connectivity index (χ3v) is 6.85. The number of nitrogens with one attached hydrogen (secondary N) is 2. The van der Waals surface area contributed by atoms with E-state index in [1.54, 1.807) is 11.6 Å². The van der Waals surface area contributed by atoms with Gasteiger partial charge in [0, 0.05) is 36.0 Å². The number of ether oxygens (including phenoxy) is 1. The van der Waals surface area contributed by atoms with Gasteiger partial charge < -0.3 is 14.6 Å². The van der Waals surface area contributed by atoms with E-state index in [4.69, 9.17) is 21.2 Å². The van der Waals surface area contributed by atoms with Crippen LogP contribution in [0, 0.1) is 0 Å². The van der Waals surface area contributed by atoms with Crippen LogP contribution in [0.25, 0.3) is 22.4 Å². The van der Waals surface area contributed by atoms with Crippen molar-refractivity contribution < 1.29 is 29.6 Å². The number of sulfonamides is 1. The van der Waals surface area contributed by atoms with Gasteiger partial charge in [-0.1, -0.05) is 20.2 Å². The minimum Gasteiger partial charge on any atom is -0.493 e. The van der Waals surface area contributed by atoms with Crippen LogP contribution < -0.4 is 15.0 Å². The number of aromatic nitrogens is 4. The fourth-order valence-corrected chi connectivity index (χ4v) is 4.68. The second-order valence-corrected chi connectivity index (χ2v) is 9.92. The van der Waals surface area contributed by atoms with E-state index in [2.05, 4.69) is 15.1 Å². The minimum absolute atomic E-state index is 0.0261. The molecule has 0 aliphatic carbocycles. The largest absolute Gasteiger partial charge is 0.493 e. The normalized spacial score (nSPS) is 23.6. The van der Waals surface area contributed by atoms with Crippen molar-refractivity contribution in [2.24, 2.45) is 6.98 Å². The molecule has 1 atom stereocenters. The molecular weight excluding hydrogens is 480 g/mol. The van der Waals surface area contributed by atoms with Crippen LogP contribution in [-0.4, -0.2) is 65.7 Å². The van der Waals surface area contributed by atoms with Gasteiger partial charge >= 0.3 is 0 Å². The zero-order valence-electron chi connectivity index (χ0n) is 31.9. The predicted octanol–water partition coefficient (Wildman–Crippen LogP) is 2.83. The van der Waals surface area contributed by atoms with Crippen molar-refractivity contribution in [1.29, 1.82) is 0 Å². The van der Waals surface area contributed by atoms with Crippen molar-refractivity contribution in [2.45, 2.75) is 63.2 Å². The van der Waals surface area contributed by atoms with Gasteiger partial charge in [0.05, 0.1) is 22.8 Å². The maximum absolute atomic E-state index is 13.6. The Labute approximate surface area is 229 Å². The zero-order valence-corrected chi connectivity index (χ0v) is 20.7. The Morgan fingerprint density at radius 1 is 1.33 bits per heavy atom. The topological polar surface area (TPSA) is 122 Å². The van der Waals surface area contributed by atoms with E-state index in [0.29, 0.717) is 11.1 Å². The molecule has 0 spiro atoms. The van der Waals surface area contributed by atoms with Crippen LogP contribution >= 0.6 is 0 Å². The highest BCUT2D eigenvalue weighted by molar-refractivity contribution is 7.89. The lowest BCUT2D eigenvalue weighted by Gasteiger charge is -2.19. The van der Waals surface area contributed by atoms with Crippen LogP contribution in [0.5, 0.6) is 5.75 Å². The summed E-state index contributed by atoms with van der Waals surface area (Å²) in [6.45, 7) is -5.82. The van der Waals surface area contributed by atoms with Crippen LogP contribution in [0.4, 0.5) is 0 Å². The number of nitrogens with zero attached hydrogens (tertiary/aromatic N) is 4. The lowest BCUT2D eigenvalue weighted by Crippen LogP contribution is -2.31. The van der Waals surface area contributed by atoms with E-state index >= 15 is 0 Å². The summed E-state index contributed by atoms with van der Waals surface area (Å²) in [6.07, 6.45) is -4.55. The Bertz CT molecular complexity index is 1830. The fraction of sp³-hybridized carbons (Fsp3) is 0.560. The molecular formula is C25H36N6O4S. The molecule has 1 aliphatic rings. The summed E-state index contributed by atoms with van der Waals surface area (Å²) >= 11 is 0. The first kappa shape index (κ1) is 14.8. The average molecular weight is 529 g/mol. The van der Waals surface area contributed by atoms with Gasteiger partial charge in [0.2, 0.25) is 10.0 Å². The second kappa shape index (κ2) is 11.1. The molecule has 0 bridgehead atoms. The van der Waals surface area contributed by atoms with Crippen molar-refractivity contribution in [3.8, 4) is 17.1 Å². The van der Waals surface area contributed by atoms with E-state index in [1.165, 1.54) is 13.0 Å². The van der Waals surface area contributed by atoms with Crippen LogP contribution in [0.2, 0.25) is 0 Å². The fourth-order valence-electron chi connectivity index (χ4n) is 3.85. The van der Waals surface area contributed by atoms with Crippen LogP contribution in [0.15, 0.2) is 27.9 Å². The van der Waals surface area contributed by atoms with Gasteiger partial charge in [-0.05, 0) is 63.8 Å². The second-order valence-electron chi connectivity index (χ2n) is 8.23. The number of hydrogen-bond donors (Lipinski definition) is 2. The molecule has 1 fully saturated rings. The first-order valence-corrected chi connectivity index (χ1v) is 12.9.